The molecule has 1 aromatic heterocycles. The molecule has 1 saturated carbocycles. The highest BCUT2D eigenvalue weighted by Crippen LogP contribution is 2.28. The van der Waals surface area contributed by atoms with Gasteiger partial charge in [0.05, 0.1) is 11.8 Å². The van der Waals surface area contributed by atoms with Gasteiger partial charge in [-0.3, -0.25) is 4.79 Å². The third-order valence-electron chi connectivity index (χ3n) is 3.57. The molecular weight excluding hydrogens is 200 g/mol. The van der Waals surface area contributed by atoms with Crippen molar-refractivity contribution in [3.63, 3.8) is 0 Å². The van der Waals surface area contributed by atoms with Crippen LogP contribution in [0.2, 0.25) is 0 Å². The minimum absolute atomic E-state index is 0.275. The van der Waals surface area contributed by atoms with Crippen molar-refractivity contribution in [1.82, 2.24) is 0 Å². The zero-order valence-electron chi connectivity index (χ0n) is 10.00. The first-order valence-electron chi connectivity index (χ1n) is 6.40. The van der Waals surface area contributed by atoms with Crippen molar-refractivity contribution in [3.05, 3.63) is 23.7 Å². The van der Waals surface area contributed by atoms with E-state index in [1.54, 1.807) is 6.26 Å². The lowest BCUT2D eigenvalue weighted by molar-refractivity contribution is 0.0948. The fourth-order valence-corrected chi connectivity index (χ4v) is 2.63. The minimum atomic E-state index is 0.275. The third-order valence-corrected chi connectivity index (χ3v) is 3.57. The van der Waals surface area contributed by atoms with E-state index in [1.165, 1.54) is 32.1 Å². The van der Waals surface area contributed by atoms with Crippen molar-refractivity contribution in [2.45, 2.75) is 51.9 Å². The quantitative estimate of drug-likeness (QED) is 0.718. The van der Waals surface area contributed by atoms with E-state index < -0.39 is 0 Å². The van der Waals surface area contributed by atoms with Crippen LogP contribution >= 0.6 is 0 Å². The molecule has 2 heteroatoms. The van der Waals surface area contributed by atoms with Crippen molar-refractivity contribution in [1.29, 1.82) is 0 Å². The molecule has 0 saturated heterocycles. The molecule has 0 spiro atoms. The topological polar surface area (TPSA) is 30.2 Å². The molecule has 2 rings (SSSR count). The van der Waals surface area contributed by atoms with Crippen molar-refractivity contribution < 1.29 is 9.21 Å². The van der Waals surface area contributed by atoms with Crippen LogP contribution in [0.3, 0.4) is 0 Å². The molecular formula is C14H20O2. The Morgan fingerprint density at radius 3 is 2.81 bits per heavy atom. The molecule has 1 heterocycles. The van der Waals surface area contributed by atoms with E-state index in [0.717, 1.165) is 17.7 Å². The zero-order chi connectivity index (χ0) is 11.4. The number of carbonyl (C=O) groups excluding carboxylic acids is 1. The van der Waals surface area contributed by atoms with E-state index in [9.17, 15) is 4.79 Å². The summed E-state index contributed by atoms with van der Waals surface area (Å²) in [5, 5.41) is 0. The number of furan rings is 1. The van der Waals surface area contributed by atoms with Crippen LogP contribution < -0.4 is 0 Å². The predicted molar refractivity (Wildman–Crippen MR) is 63.6 cm³/mol. The summed E-state index contributed by atoms with van der Waals surface area (Å²) in [5.74, 6) is 1.74. The first-order valence-corrected chi connectivity index (χ1v) is 6.40. The van der Waals surface area contributed by atoms with Gasteiger partial charge >= 0.3 is 0 Å². The maximum absolute atomic E-state index is 12.1. The number of rotatable bonds is 4. The highest BCUT2D eigenvalue weighted by Gasteiger charge is 2.20. The first kappa shape index (κ1) is 11.4. The van der Waals surface area contributed by atoms with Crippen LogP contribution in [-0.2, 0) is 6.42 Å². The van der Waals surface area contributed by atoms with E-state index in [2.05, 4.69) is 0 Å². The second-order valence-electron chi connectivity index (χ2n) is 4.74. The van der Waals surface area contributed by atoms with Gasteiger partial charge in [-0.1, -0.05) is 39.0 Å². The van der Waals surface area contributed by atoms with E-state index in [4.69, 9.17) is 4.42 Å². The van der Waals surface area contributed by atoms with Crippen molar-refractivity contribution >= 4 is 5.78 Å². The van der Waals surface area contributed by atoms with Crippen molar-refractivity contribution in [3.8, 4) is 0 Å². The molecule has 0 unspecified atom stereocenters. The number of carbonyl (C=O) groups is 1. The van der Waals surface area contributed by atoms with Gasteiger partial charge in [0.2, 0.25) is 0 Å². The molecule has 0 bridgehead atoms. The lowest BCUT2D eigenvalue weighted by Crippen LogP contribution is -2.12. The fourth-order valence-electron chi connectivity index (χ4n) is 2.63. The maximum Gasteiger partial charge on any atom is 0.166 e. The second kappa shape index (κ2) is 5.33. The minimum Gasteiger partial charge on any atom is -0.469 e. The molecule has 0 radical (unpaired) electrons. The van der Waals surface area contributed by atoms with Crippen LogP contribution in [0.1, 0.15) is 61.6 Å². The smallest absolute Gasteiger partial charge is 0.166 e. The summed E-state index contributed by atoms with van der Waals surface area (Å²) in [6.45, 7) is 2.02. The van der Waals surface area contributed by atoms with Crippen LogP contribution in [-0.4, -0.2) is 5.78 Å². The molecule has 88 valence electrons. The van der Waals surface area contributed by atoms with Crippen LogP contribution in [0.25, 0.3) is 0 Å². The summed E-state index contributed by atoms with van der Waals surface area (Å²) in [4.78, 5) is 12.1. The average molecular weight is 220 g/mol. The second-order valence-corrected chi connectivity index (χ2v) is 4.74. The molecule has 1 aliphatic rings. The molecule has 0 aromatic carbocycles. The van der Waals surface area contributed by atoms with E-state index in [-0.39, 0.29) is 5.78 Å². The van der Waals surface area contributed by atoms with Crippen LogP contribution in [0.15, 0.2) is 16.7 Å². The third kappa shape index (κ3) is 2.55. The average Bonchev–Trinajstić information content (AvgIpc) is 2.78. The standard InChI is InChI=1S/C14H20O2/c1-2-14-12(8-9-16-14)13(15)10-11-6-4-3-5-7-11/h8-9,11H,2-7,10H2,1H3. The number of hydrogen-bond donors (Lipinski definition) is 0. The monoisotopic (exact) mass is 220 g/mol. The molecule has 16 heavy (non-hydrogen) atoms. The van der Waals surface area contributed by atoms with Gasteiger partial charge in [-0.15, -0.1) is 0 Å². The number of Topliss-reactive ketones (excluding diaryl/α,β-unsaturated/α-hetero) is 1. The summed E-state index contributed by atoms with van der Waals surface area (Å²) >= 11 is 0. The van der Waals surface area contributed by atoms with Crippen LogP contribution in [0.4, 0.5) is 0 Å². The fraction of sp³-hybridized carbons (Fsp3) is 0.643. The number of ketones is 1. The number of hydrogen-bond acceptors (Lipinski definition) is 2. The molecule has 1 fully saturated rings. The largest absolute Gasteiger partial charge is 0.469 e. The maximum atomic E-state index is 12.1. The van der Waals surface area contributed by atoms with Gasteiger partial charge < -0.3 is 4.42 Å². The van der Waals surface area contributed by atoms with Gasteiger partial charge in [0.25, 0.3) is 0 Å². The normalized spacial score (nSPS) is 17.6. The molecule has 0 amide bonds. The Labute approximate surface area is 97.0 Å². The van der Waals surface area contributed by atoms with Crippen molar-refractivity contribution in [2.75, 3.05) is 0 Å². The lowest BCUT2D eigenvalue weighted by atomic mass is 9.85. The lowest BCUT2D eigenvalue weighted by Gasteiger charge is -2.20. The Morgan fingerprint density at radius 1 is 1.38 bits per heavy atom. The highest BCUT2D eigenvalue weighted by atomic mass is 16.3. The summed E-state index contributed by atoms with van der Waals surface area (Å²) in [5.41, 5.74) is 0.813. The molecule has 0 atom stereocenters. The van der Waals surface area contributed by atoms with Gasteiger partial charge in [-0.2, -0.15) is 0 Å². The SMILES string of the molecule is CCc1occc1C(=O)CC1CCCCC1. The number of aryl methyl sites for hydroxylation is 1. The van der Waals surface area contributed by atoms with Gasteiger partial charge in [0, 0.05) is 12.8 Å². The molecule has 1 aromatic rings. The summed E-state index contributed by atoms with van der Waals surface area (Å²) < 4.78 is 5.30. The molecule has 0 aliphatic heterocycles. The first-order chi connectivity index (χ1) is 7.81. The Balaban J connectivity index is 1.96. The van der Waals surface area contributed by atoms with E-state index in [1.807, 2.05) is 13.0 Å². The van der Waals surface area contributed by atoms with Gasteiger partial charge in [0.15, 0.2) is 5.78 Å². The van der Waals surface area contributed by atoms with Crippen LogP contribution in [0.5, 0.6) is 0 Å². The zero-order valence-corrected chi connectivity index (χ0v) is 10.00. The van der Waals surface area contributed by atoms with E-state index in [0.29, 0.717) is 12.3 Å². The summed E-state index contributed by atoms with van der Waals surface area (Å²) in [6.07, 6.45) is 9.54. The summed E-state index contributed by atoms with van der Waals surface area (Å²) in [7, 11) is 0. The molecule has 1 aliphatic carbocycles. The molecule has 0 N–H and O–H groups in total. The van der Waals surface area contributed by atoms with Crippen molar-refractivity contribution in [2.24, 2.45) is 5.92 Å². The highest BCUT2D eigenvalue weighted by molar-refractivity contribution is 5.97. The van der Waals surface area contributed by atoms with Gasteiger partial charge in [-0.05, 0) is 12.0 Å². The Hall–Kier alpha value is -1.05. The van der Waals surface area contributed by atoms with Crippen LogP contribution in [0, 0.1) is 5.92 Å². The Bertz CT molecular complexity index is 345. The van der Waals surface area contributed by atoms with Gasteiger partial charge in [0.1, 0.15) is 5.76 Å². The van der Waals surface area contributed by atoms with Gasteiger partial charge in [-0.25, -0.2) is 0 Å². The summed E-state index contributed by atoms with van der Waals surface area (Å²) in [6, 6.07) is 1.82. The Kier molecular flexibility index (Phi) is 3.81. The Morgan fingerprint density at radius 2 is 2.12 bits per heavy atom. The molecule has 2 nitrogen and oxygen atoms in total. The predicted octanol–water partition coefficient (Wildman–Crippen LogP) is 4.00. The van der Waals surface area contributed by atoms with E-state index >= 15 is 0 Å².